The van der Waals surface area contributed by atoms with Crippen molar-refractivity contribution in [2.75, 3.05) is 13.2 Å². The molecule has 0 aromatic carbocycles. The van der Waals surface area contributed by atoms with E-state index in [4.69, 9.17) is 14.2 Å². The minimum absolute atomic E-state index is 0.0678. The third-order valence-corrected chi connectivity index (χ3v) is 13.3. The molecule has 0 amide bonds. The molecule has 1 atom stereocenters. The molecule has 0 spiro atoms. The minimum atomic E-state index is -0.768. The molecule has 0 saturated carbocycles. The molecule has 0 fully saturated rings. The molecule has 0 aliphatic heterocycles. The fourth-order valence-electron chi connectivity index (χ4n) is 8.85. The molecule has 0 aliphatic carbocycles. The number of ether oxygens (including phenoxy) is 3. The number of rotatable bonds is 54. The van der Waals surface area contributed by atoms with Crippen LogP contribution in [0.4, 0.5) is 0 Å². The van der Waals surface area contributed by atoms with Crippen LogP contribution in [0.3, 0.4) is 0 Å². The van der Waals surface area contributed by atoms with Crippen molar-refractivity contribution in [3.63, 3.8) is 0 Å². The van der Waals surface area contributed by atoms with E-state index in [9.17, 15) is 14.4 Å². The smallest absolute Gasteiger partial charge is 0.306 e. The van der Waals surface area contributed by atoms with Crippen molar-refractivity contribution >= 4 is 17.9 Å². The van der Waals surface area contributed by atoms with Gasteiger partial charge in [0.25, 0.3) is 0 Å². The Balaban J connectivity index is 4.19. The minimum Gasteiger partial charge on any atom is -0.462 e. The lowest BCUT2D eigenvalue weighted by Gasteiger charge is -2.18. The van der Waals surface area contributed by atoms with E-state index in [1.54, 1.807) is 0 Å². The quantitative estimate of drug-likeness (QED) is 0.0262. The molecule has 0 heterocycles. The van der Waals surface area contributed by atoms with E-state index in [-0.39, 0.29) is 31.1 Å². The zero-order chi connectivity index (χ0) is 47.2. The highest BCUT2D eigenvalue weighted by Crippen LogP contribution is 2.17. The number of carbonyl (C=O) groups excluding carboxylic acids is 3. The lowest BCUT2D eigenvalue weighted by Crippen LogP contribution is -2.30. The molecule has 0 N–H and O–H groups in total. The van der Waals surface area contributed by atoms with Gasteiger partial charge in [-0.2, -0.15) is 0 Å². The van der Waals surface area contributed by atoms with Gasteiger partial charge in [-0.25, -0.2) is 0 Å². The number of esters is 3. The molecule has 0 aliphatic rings. The maximum absolute atomic E-state index is 12.8. The number of hydrogen-bond donors (Lipinski definition) is 0. The van der Waals surface area contributed by atoms with Crippen LogP contribution < -0.4 is 0 Å². The Morgan fingerprint density at radius 2 is 0.508 bits per heavy atom. The summed E-state index contributed by atoms with van der Waals surface area (Å²) in [5, 5.41) is 0. The van der Waals surface area contributed by atoms with E-state index in [2.05, 4.69) is 32.9 Å². The first kappa shape index (κ1) is 63.1. The third kappa shape index (κ3) is 53.0. The van der Waals surface area contributed by atoms with Crippen LogP contribution in [-0.2, 0) is 28.6 Å². The molecule has 0 rings (SSSR count). The van der Waals surface area contributed by atoms with Gasteiger partial charge >= 0.3 is 17.9 Å². The molecule has 0 aromatic rings. The maximum atomic E-state index is 12.8. The van der Waals surface area contributed by atoms with Gasteiger partial charge in [0.2, 0.25) is 0 Å². The largest absolute Gasteiger partial charge is 0.462 e. The summed E-state index contributed by atoms with van der Waals surface area (Å²) in [6, 6.07) is 0. The molecule has 6 nitrogen and oxygen atoms in total. The van der Waals surface area contributed by atoms with Gasteiger partial charge in [-0.1, -0.05) is 277 Å². The number of hydrogen-bond acceptors (Lipinski definition) is 6. The van der Waals surface area contributed by atoms with Gasteiger partial charge in [-0.3, -0.25) is 14.4 Å². The summed E-state index contributed by atoms with van der Waals surface area (Å²) in [6.07, 6.45) is 62.2. The summed E-state index contributed by atoms with van der Waals surface area (Å²) < 4.78 is 16.8. The summed E-state index contributed by atoms with van der Waals surface area (Å²) in [5.74, 6) is -0.857. The molecule has 0 radical (unpaired) electrons. The molecule has 384 valence electrons. The van der Waals surface area contributed by atoms with Crippen LogP contribution in [0.5, 0.6) is 0 Å². The lowest BCUT2D eigenvalue weighted by molar-refractivity contribution is -0.167. The van der Waals surface area contributed by atoms with E-state index in [1.807, 2.05) is 0 Å². The average Bonchev–Trinajstić information content (AvgIpc) is 3.30. The van der Waals surface area contributed by atoms with Crippen LogP contribution in [0.2, 0.25) is 0 Å². The van der Waals surface area contributed by atoms with Crippen LogP contribution in [0.25, 0.3) is 0 Å². The Morgan fingerprint density at radius 3 is 0.769 bits per heavy atom. The van der Waals surface area contributed by atoms with Crippen molar-refractivity contribution in [3.05, 3.63) is 12.2 Å². The first-order chi connectivity index (χ1) is 32.0. The van der Waals surface area contributed by atoms with E-state index >= 15 is 0 Å². The topological polar surface area (TPSA) is 78.9 Å². The van der Waals surface area contributed by atoms with Crippen molar-refractivity contribution in [2.24, 2.45) is 0 Å². The Hall–Kier alpha value is -1.85. The number of carbonyl (C=O) groups is 3. The van der Waals surface area contributed by atoms with Crippen molar-refractivity contribution in [1.29, 1.82) is 0 Å². The summed E-state index contributed by atoms with van der Waals surface area (Å²) in [7, 11) is 0. The molecule has 0 saturated heterocycles. The van der Waals surface area contributed by atoms with Gasteiger partial charge in [0.05, 0.1) is 0 Å². The number of allylic oxidation sites excluding steroid dienone is 2. The zero-order valence-electron chi connectivity index (χ0n) is 44.0. The number of unbranched alkanes of at least 4 members (excludes halogenated alkanes) is 41. The lowest BCUT2D eigenvalue weighted by atomic mass is 10.0. The highest BCUT2D eigenvalue weighted by molar-refractivity contribution is 5.71. The van der Waals surface area contributed by atoms with Crippen molar-refractivity contribution in [1.82, 2.24) is 0 Å². The predicted octanol–water partition coefficient (Wildman–Crippen LogP) is 19.3. The summed E-state index contributed by atoms with van der Waals surface area (Å²) >= 11 is 0. The van der Waals surface area contributed by atoms with Crippen LogP contribution in [-0.4, -0.2) is 37.2 Å². The van der Waals surface area contributed by atoms with Gasteiger partial charge in [-0.15, -0.1) is 0 Å². The molecule has 1 unspecified atom stereocenters. The van der Waals surface area contributed by atoms with E-state index in [0.717, 1.165) is 64.2 Å². The summed E-state index contributed by atoms with van der Waals surface area (Å²) in [6.45, 7) is 6.66. The Bertz CT molecular complexity index is 1010. The van der Waals surface area contributed by atoms with Crippen LogP contribution in [0.15, 0.2) is 12.2 Å². The molecular formula is C59H112O6. The first-order valence-electron chi connectivity index (χ1n) is 29.2. The maximum Gasteiger partial charge on any atom is 0.306 e. The van der Waals surface area contributed by atoms with Gasteiger partial charge in [0.1, 0.15) is 13.2 Å². The Kier molecular flexibility index (Phi) is 53.2. The van der Waals surface area contributed by atoms with E-state index in [0.29, 0.717) is 19.3 Å². The third-order valence-electron chi connectivity index (χ3n) is 13.3. The molecule has 0 aromatic heterocycles. The van der Waals surface area contributed by atoms with Gasteiger partial charge in [-0.05, 0) is 44.9 Å². The normalized spacial score (nSPS) is 12.0. The second-order valence-corrected chi connectivity index (χ2v) is 19.9. The average molecular weight is 918 g/mol. The van der Waals surface area contributed by atoms with Crippen molar-refractivity contribution in [2.45, 2.75) is 335 Å². The zero-order valence-corrected chi connectivity index (χ0v) is 44.0. The van der Waals surface area contributed by atoms with Gasteiger partial charge < -0.3 is 14.2 Å². The van der Waals surface area contributed by atoms with Crippen LogP contribution in [0.1, 0.15) is 329 Å². The van der Waals surface area contributed by atoms with Gasteiger partial charge in [0, 0.05) is 19.3 Å². The van der Waals surface area contributed by atoms with Crippen LogP contribution >= 0.6 is 0 Å². The molecule has 0 bridgehead atoms. The molecular weight excluding hydrogens is 805 g/mol. The highest BCUT2D eigenvalue weighted by Gasteiger charge is 2.19. The van der Waals surface area contributed by atoms with E-state index < -0.39 is 6.10 Å². The SMILES string of the molecule is CCCCCCCCC/C=C\CCCCCCCC(=O)OC(COC(=O)CCCCCCCCCCC)COC(=O)CCCCCCCCCCCCCCCCCCCCCCCC. The fourth-order valence-corrected chi connectivity index (χ4v) is 8.85. The monoisotopic (exact) mass is 917 g/mol. The second-order valence-electron chi connectivity index (χ2n) is 19.9. The molecule has 6 heteroatoms. The second kappa shape index (κ2) is 54.8. The Morgan fingerprint density at radius 1 is 0.292 bits per heavy atom. The van der Waals surface area contributed by atoms with E-state index in [1.165, 1.54) is 225 Å². The molecule has 65 heavy (non-hydrogen) atoms. The standard InChI is InChI=1S/C59H112O6/c1-4-7-10-13-16-19-21-23-25-27-28-29-30-31-32-34-35-37-40-43-46-49-52-58(61)64-55-56(54-63-57(60)51-48-45-42-39-18-15-12-9-6-3)65-59(62)53-50-47-44-41-38-36-33-26-24-22-20-17-14-11-8-5-2/h26,33,56H,4-25,27-32,34-55H2,1-3H3/b33-26-. The summed E-state index contributed by atoms with van der Waals surface area (Å²) in [5.41, 5.74) is 0. The van der Waals surface area contributed by atoms with Gasteiger partial charge in [0.15, 0.2) is 6.10 Å². The van der Waals surface area contributed by atoms with Crippen LogP contribution in [0, 0.1) is 0 Å². The summed E-state index contributed by atoms with van der Waals surface area (Å²) in [4.78, 5) is 38.0. The van der Waals surface area contributed by atoms with Crippen molar-refractivity contribution < 1.29 is 28.6 Å². The highest BCUT2D eigenvalue weighted by atomic mass is 16.6. The predicted molar refractivity (Wildman–Crippen MR) is 280 cm³/mol. The first-order valence-corrected chi connectivity index (χ1v) is 29.2. The fraction of sp³-hybridized carbons (Fsp3) is 0.915. The van der Waals surface area contributed by atoms with Crippen molar-refractivity contribution in [3.8, 4) is 0 Å². The Labute approximate surface area is 405 Å².